The minimum atomic E-state index is -0.367. The standard InChI is InChI=1S/C27H21N5O/c1-32-19-30-17-26(32)27(22-8-5-20(15-28)6-9-22)33-18-24-10-7-21(16-29)14-23(24)11-12-25-4-2-3-13-31-25/h2-14,17,19,27H,18H2,1H3/b12-11+. The second kappa shape index (κ2) is 10.2. The van der Waals surface area contributed by atoms with Gasteiger partial charge >= 0.3 is 0 Å². The van der Waals surface area contributed by atoms with E-state index >= 15 is 0 Å². The smallest absolute Gasteiger partial charge is 0.124 e. The maximum absolute atomic E-state index is 9.35. The van der Waals surface area contributed by atoms with Crippen LogP contribution in [-0.4, -0.2) is 14.5 Å². The Hall–Kier alpha value is -4.52. The Morgan fingerprint density at radius 2 is 1.79 bits per heavy atom. The van der Waals surface area contributed by atoms with Crippen molar-refractivity contribution in [1.29, 1.82) is 10.5 Å². The van der Waals surface area contributed by atoms with Gasteiger partial charge in [-0.25, -0.2) is 4.98 Å². The zero-order chi connectivity index (χ0) is 23.0. The molecule has 1 atom stereocenters. The molecule has 2 heterocycles. The molecule has 160 valence electrons. The maximum Gasteiger partial charge on any atom is 0.124 e. The predicted octanol–water partition coefficient (Wildman–Crippen LogP) is 5.04. The number of hydrogen-bond acceptors (Lipinski definition) is 5. The molecule has 33 heavy (non-hydrogen) atoms. The van der Waals surface area contributed by atoms with Crippen molar-refractivity contribution in [3.63, 3.8) is 0 Å². The molecular weight excluding hydrogens is 410 g/mol. The fraction of sp³-hybridized carbons (Fsp3) is 0.111. The fourth-order valence-corrected chi connectivity index (χ4v) is 3.48. The summed E-state index contributed by atoms with van der Waals surface area (Å²) < 4.78 is 8.32. The van der Waals surface area contributed by atoms with Gasteiger partial charge in [-0.05, 0) is 59.2 Å². The molecular formula is C27H21N5O. The number of nitriles is 2. The summed E-state index contributed by atoms with van der Waals surface area (Å²) >= 11 is 0. The van der Waals surface area contributed by atoms with Gasteiger partial charge in [-0.15, -0.1) is 0 Å². The lowest BCUT2D eigenvalue weighted by atomic mass is 10.0. The Morgan fingerprint density at radius 3 is 2.45 bits per heavy atom. The first kappa shape index (κ1) is 21.7. The molecule has 0 aliphatic rings. The topological polar surface area (TPSA) is 87.5 Å². The molecule has 1 unspecified atom stereocenters. The van der Waals surface area contributed by atoms with Crippen LogP contribution < -0.4 is 0 Å². The summed E-state index contributed by atoms with van der Waals surface area (Å²) in [5.74, 6) is 0. The van der Waals surface area contributed by atoms with Crippen LogP contribution in [-0.2, 0) is 18.4 Å². The van der Waals surface area contributed by atoms with Gasteiger partial charge in [-0.2, -0.15) is 10.5 Å². The van der Waals surface area contributed by atoms with Crippen LogP contribution in [0.2, 0.25) is 0 Å². The van der Waals surface area contributed by atoms with E-state index in [4.69, 9.17) is 10.00 Å². The summed E-state index contributed by atoms with van der Waals surface area (Å²) in [7, 11) is 1.92. The Labute approximate surface area is 192 Å². The van der Waals surface area contributed by atoms with Gasteiger partial charge in [0.1, 0.15) is 6.10 Å². The molecule has 2 aromatic carbocycles. The summed E-state index contributed by atoms with van der Waals surface area (Å²) in [6.45, 7) is 0.323. The van der Waals surface area contributed by atoms with Crippen LogP contribution in [0.1, 0.15) is 45.3 Å². The lowest BCUT2D eigenvalue weighted by molar-refractivity contribution is 0.0621. The van der Waals surface area contributed by atoms with Crippen molar-refractivity contribution in [1.82, 2.24) is 14.5 Å². The summed E-state index contributed by atoms with van der Waals surface area (Å²) in [5.41, 5.74) is 5.67. The van der Waals surface area contributed by atoms with E-state index in [0.29, 0.717) is 17.7 Å². The van der Waals surface area contributed by atoms with Crippen molar-refractivity contribution in [3.8, 4) is 12.1 Å². The lowest BCUT2D eigenvalue weighted by Gasteiger charge is -2.20. The molecule has 0 amide bonds. The molecule has 4 aromatic rings. The van der Waals surface area contributed by atoms with Crippen molar-refractivity contribution < 1.29 is 4.74 Å². The number of hydrogen-bond donors (Lipinski definition) is 0. The zero-order valence-electron chi connectivity index (χ0n) is 18.1. The van der Waals surface area contributed by atoms with Gasteiger partial charge in [0, 0.05) is 13.2 Å². The lowest BCUT2D eigenvalue weighted by Crippen LogP contribution is -2.11. The molecule has 0 fully saturated rings. The third-order valence-corrected chi connectivity index (χ3v) is 5.27. The highest BCUT2D eigenvalue weighted by molar-refractivity contribution is 5.70. The minimum absolute atomic E-state index is 0.323. The molecule has 0 spiro atoms. The van der Waals surface area contributed by atoms with Crippen LogP contribution in [0.15, 0.2) is 79.4 Å². The number of ether oxygens (including phenoxy) is 1. The van der Waals surface area contributed by atoms with E-state index in [2.05, 4.69) is 22.1 Å². The van der Waals surface area contributed by atoms with Crippen LogP contribution >= 0.6 is 0 Å². The molecule has 2 aromatic heterocycles. The van der Waals surface area contributed by atoms with Crippen LogP contribution in [0.5, 0.6) is 0 Å². The maximum atomic E-state index is 9.35. The number of pyridine rings is 1. The number of aryl methyl sites for hydroxylation is 1. The first-order valence-corrected chi connectivity index (χ1v) is 10.4. The normalized spacial score (nSPS) is 11.7. The first-order chi connectivity index (χ1) is 16.2. The summed E-state index contributed by atoms with van der Waals surface area (Å²) in [4.78, 5) is 8.56. The molecule has 0 aliphatic heterocycles. The van der Waals surface area contributed by atoms with Gasteiger partial charge in [0.25, 0.3) is 0 Å². The van der Waals surface area contributed by atoms with E-state index in [0.717, 1.165) is 28.1 Å². The molecule has 0 saturated carbocycles. The number of rotatable bonds is 7. The van der Waals surface area contributed by atoms with Gasteiger partial charge in [0.05, 0.1) is 53.8 Å². The largest absolute Gasteiger partial charge is 0.362 e. The molecule has 0 radical (unpaired) electrons. The monoisotopic (exact) mass is 431 g/mol. The second-order valence-corrected chi connectivity index (χ2v) is 7.47. The van der Waals surface area contributed by atoms with Gasteiger partial charge in [0.15, 0.2) is 0 Å². The van der Waals surface area contributed by atoms with Crippen molar-refractivity contribution in [2.24, 2.45) is 7.05 Å². The summed E-state index contributed by atoms with van der Waals surface area (Å²) in [5, 5.41) is 18.5. The average molecular weight is 431 g/mol. The molecule has 0 saturated heterocycles. The Bertz CT molecular complexity index is 1340. The van der Waals surface area contributed by atoms with Crippen LogP contribution in [0.25, 0.3) is 12.2 Å². The van der Waals surface area contributed by atoms with Gasteiger partial charge < -0.3 is 9.30 Å². The Balaban J connectivity index is 1.63. The molecule has 0 bridgehead atoms. The minimum Gasteiger partial charge on any atom is -0.362 e. The number of imidazole rings is 1. The van der Waals surface area contributed by atoms with E-state index in [9.17, 15) is 5.26 Å². The highest BCUT2D eigenvalue weighted by Gasteiger charge is 2.19. The van der Waals surface area contributed by atoms with E-state index < -0.39 is 0 Å². The highest BCUT2D eigenvalue weighted by Crippen LogP contribution is 2.28. The second-order valence-electron chi connectivity index (χ2n) is 7.47. The Kier molecular flexibility index (Phi) is 6.70. The van der Waals surface area contributed by atoms with Gasteiger partial charge in [-0.3, -0.25) is 4.98 Å². The Morgan fingerprint density at radius 1 is 1.00 bits per heavy atom. The van der Waals surface area contributed by atoms with Crippen LogP contribution in [0, 0.1) is 22.7 Å². The van der Waals surface area contributed by atoms with Gasteiger partial charge in [0.2, 0.25) is 0 Å². The number of aromatic nitrogens is 3. The number of benzene rings is 2. The quantitative estimate of drug-likeness (QED) is 0.409. The van der Waals surface area contributed by atoms with E-state index in [1.165, 1.54) is 0 Å². The van der Waals surface area contributed by atoms with Crippen molar-refractivity contribution in [2.45, 2.75) is 12.7 Å². The van der Waals surface area contributed by atoms with E-state index in [1.54, 1.807) is 36.9 Å². The van der Waals surface area contributed by atoms with Crippen LogP contribution in [0.3, 0.4) is 0 Å². The third kappa shape index (κ3) is 5.22. The molecule has 0 aliphatic carbocycles. The predicted molar refractivity (Wildman–Crippen MR) is 125 cm³/mol. The number of nitrogens with zero attached hydrogens (tertiary/aromatic N) is 5. The van der Waals surface area contributed by atoms with E-state index in [1.807, 2.05) is 66.2 Å². The molecule has 6 nitrogen and oxygen atoms in total. The average Bonchev–Trinajstić information content (AvgIpc) is 3.29. The fourth-order valence-electron chi connectivity index (χ4n) is 3.48. The first-order valence-electron chi connectivity index (χ1n) is 10.4. The molecule has 0 N–H and O–H groups in total. The third-order valence-electron chi connectivity index (χ3n) is 5.27. The van der Waals surface area contributed by atoms with Crippen LogP contribution in [0.4, 0.5) is 0 Å². The van der Waals surface area contributed by atoms with Gasteiger partial charge in [-0.1, -0.05) is 30.3 Å². The van der Waals surface area contributed by atoms with Crippen molar-refractivity contribution in [3.05, 3.63) is 119 Å². The summed E-state index contributed by atoms with van der Waals surface area (Å²) in [6, 6.07) is 23.0. The van der Waals surface area contributed by atoms with E-state index in [-0.39, 0.29) is 6.10 Å². The van der Waals surface area contributed by atoms with Crippen molar-refractivity contribution >= 4 is 12.2 Å². The highest BCUT2D eigenvalue weighted by atomic mass is 16.5. The summed E-state index contributed by atoms with van der Waals surface area (Å²) in [6.07, 6.45) is 8.75. The molecule has 6 heteroatoms. The SMILES string of the molecule is Cn1cncc1C(OCc1ccc(C#N)cc1/C=C/c1ccccn1)c1ccc(C#N)cc1. The molecule has 4 rings (SSSR count). The zero-order valence-corrected chi connectivity index (χ0v) is 18.1. The van der Waals surface area contributed by atoms with Crippen molar-refractivity contribution in [2.75, 3.05) is 0 Å².